The smallest absolute Gasteiger partial charge is 0.151 e. The van der Waals surface area contributed by atoms with Gasteiger partial charge >= 0.3 is 0 Å². The summed E-state index contributed by atoms with van der Waals surface area (Å²) in [5, 5.41) is 5.07. The molecule has 0 spiro atoms. The summed E-state index contributed by atoms with van der Waals surface area (Å²) in [5.41, 5.74) is 2.23. The van der Waals surface area contributed by atoms with E-state index in [0.29, 0.717) is 5.52 Å². The monoisotopic (exact) mass is 227 g/mol. The highest BCUT2D eigenvalue weighted by atomic mass is 19.1. The fraction of sp³-hybridized carbons (Fsp3) is 0.0769. The van der Waals surface area contributed by atoms with Crippen LogP contribution in [0.15, 0.2) is 42.9 Å². The fourth-order valence-electron chi connectivity index (χ4n) is 1.83. The van der Waals surface area contributed by atoms with E-state index < -0.39 is 0 Å². The Balaban J connectivity index is 2.27. The van der Waals surface area contributed by atoms with Gasteiger partial charge in [-0.2, -0.15) is 5.10 Å². The maximum Gasteiger partial charge on any atom is 0.151 e. The number of aryl methyl sites for hydroxylation is 1. The lowest BCUT2D eigenvalue weighted by Crippen LogP contribution is -1.94. The Kier molecular flexibility index (Phi) is 2.14. The Bertz CT molecular complexity index is 635. The van der Waals surface area contributed by atoms with Crippen molar-refractivity contribution in [2.24, 2.45) is 0 Å². The van der Waals surface area contributed by atoms with Gasteiger partial charge in [-0.1, -0.05) is 6.07 Å². The molecule has 0 radical (unpaired) electrons. The van der Waals surface area contributed by atoms with E-state index in [0.717, 1.165) is 16.6 Å². The molecule has 3 nitrogen and oxygen atoms in total. The Morgan fingerprint density at radius 2 is 2.12 bits per heavy atom. The standard InChI is InChI=1S/C13H10FN3/c1-9-4-5-12(14)13-11(9)8-17(16-13)10-3-2-6-15-7-10/h2-8H,1H3. The van der Waals surface area contributed by atoms with Gasteiger partial charge in [-0.3, -0.25) is 4.98 Å². The topological polar surface area (TPSA) is 30.7 Å². The van der Waals surface area contributed by atoms with Crippen LogP contribution in [0.3, 0.4) is 0 Å². The minimum Gasteiger partial charge on any atom is -0.262 e. The largest absolute Gasteiger partial charge is 0.262 e. The van der Waals surface area contributed by atoms with Gasteiger partial charge in [0.05, 0.1) is 11.9 Å². The summed E-state index contributed by atoms with van der Waals surface area (Å²) >= 11 is 0. The van der Waals surface area contributed by atoms with Gasteiger partial charge in [-0.05, 0) is 30.7 Å². The van der Waals surface area contributed by atoms with Crippen molar-refractivity contribution in [3.8, 4) is 5.69 Å². The summed E-state index contributed by atoms with van der Waals surface area (Å²) in [7, 11) is 0. The highest BCUT2D eigenvalue weighted by molar-refractivity contribution is 5.82. The molecule has 1 aromatic carbocycles. The van der Waals surface area contributed by atoms with Crippen molar-refractivity contribution in [3.63, 3.8) is 0 Å². The molecule has 0 N–H and O–H groups in total. The maximum atomic E-state index is 13.6. The number of hydrogen-bond donors (Lipinski definition) is 0. The number of hydrogen-bond acceptors (Lipinski definition) is 2. The lowest BCUT2D eigenvalue weighted by molar-refractivity contribution is 0.634. The molecule has 2 aromatic heterocycles. The zero-order valence-corrected chi connectivity index (χ0v) is 9.26. The van der Waals surface area contributed by atoms with Crippen LogP contribution in [-0.4, -0.2) is 14.8 Å². The molecule has 0 saturated heterocycles. The number of pyridine rings is 1. The molecule has 4 heteroatoms. The molecule has 0 bridgehead atoms. The summed E-state index contributed by atoms with van der Waals surface area (Å²) in [6, 6.07) is 6.90. The van der Waals surface area contributed by atoms with E-state index in [4.69, 9.17) is 0 Å². The normalized spacial score (nSPS) is 10.9. The summed E-state index contributed by atoms with van der Waals surface area (Å²) in [4.78, 5) is 4.02. The first-order chi connectivity index (χ1) is 8.25. The van der Waals surface area contributed by atoms with Gasteiger partial charge < -0.3 is 0 Å². The van der Waals surface area contributed by atoms with Crippen LogP contribution in [0.5, 0.6) is 0 Å². The average Bonchev–Trinajstić information content (AvgIpc) is 2.81. The number of halogens is 1. The van der Waals surface area contributed by atoms with E-state index in [1.807, 2.05) is 25.3 Å². The average molecular weight is 227 g/mol. The van der Waals surface area contributed by atoms with Crippen molar-refractivity contribution in [1.29, 1.82) is 0 Å². The third-order valence-electron chi connectivity index (χ3n) is 2.76. The third-order valence-corrected chi connectivity index (χ3v) is 2.76. The molecular formula is C13H10FN3. The SMILES string of the molecule is Cc1ccc(F)c2nn(-c3cccnc3)cc12. The molecule has 84 valence electrons. The van der Waals surface area contributed by atoms with Crippen LogP contribution < -0.4 is 0 Å². The molecule has 0 aliphatic rings. The quantitative estimate of drug-likeness (QED) is 0.640. The van der Waals surface area contributed by atoms with Gasteiger partial charge in [-0.25, -0.2) is 9.07 Å². The first-order valence-electron chi connectivity index (χ1n) is 5.30. The Morgan fingerprint density at radius 3 is 2.82 bits per heavy atom. The predicted molar refractivity (Wildman–Crippen MR) is 63.6 cm³/mol. The highest BCUT2D eigenvalue weighted by Gasteiger charge is 2.09. The molecule has 0 saturated carbocycles. The lowest BCUT2D eigenvalue weighted by atomic mass is 10.1. The van der Waals surface area contributed by atoms with Gasteiger partial charge in [0.1, 0.15) is 5.52 Å². The molecular weight excluding hydrogens is 217 g/mol. The number of rotatable bonds is 1. The summed E-state index contributed by atoms with van der Waals surface area (Å²) in [6.45, 7) is 1.94. The second-order valence-electron chi connectivity index (χ2n) is 3.91. The molecule has 0 unspecified atom stereocenters. The van der Waals surface area contributed by atoms with Crippen LogP contribution in [0.25, 0.3) is 16.6 Å². The van der Waals surface area contributed by atoms with Crippen LogP contribution in [-0.2, 0) is 0 Å². The van der Waals surface area contributed by atoms with Crippen molar-refractivity contribution >= 4 is 10.9 Å². The van der Waals surface area contributed by atoms with Crippen molar-refractivity contribution in [2.45, 2.75) is 6.92 Å². The minimum absolute atomic E-state index is 0.298. The minimum atomic E-state index is -0.298. The van der Waals surface area contributed by atoms with Gasteiger partial charge in [0.15, 0.2) is 5.82 Å². The lowest BCUT2D eigenvalue weighted by Gasteiger charge is -1.97. The van der Waals surface area contributed by atoms with Crippen LogP contribution in [0.4, 0.5) is 4.39 Å². The van der Waals surface area contributed by atoms with E-state index in [1.165, 1.54) is 6.07 Å². The Hall–Kier alpha value is -2.23. The number of aromatic nitrogens is 3. The summed E-state index contributed by atoms with van der Waals surface area (Å²) in [5.74, 6) is -0.298. The van der Waals surface area contributed by atoms with Crippen molar-refractivity contribution in [1.82, 2.24) is 14.8 Å². The van der Waals surface area contributed by atoms with E-state index in [2.05, 4.69) is 10.1 Å². The Morgan fingerprint density at radius 1 is 1.24 bits per heavy atom. The Labute approximate surface area is 97.5 Å². The first-order valence-corrected chi connectivity index (χ1v) is 5.30. The first kappa shape index (κ1) is 9.96. The van der Waals surface area contributed by atoms with Crippen molar-refractivity contribution in [2.75, 3.05) is 0 Å². The summed E-state index contributed by atoms with van der Waals surface area (Å²) in [6.07, 6.45) is 5.21. The van der Waals surface area contributed by atoms with Crippen molar-refractivity contribution in [3.05, 3.63) is 54.2 Å². The van der Waals surface area contributed by atoms with E-state index in [1.54, 1.807) is 23.1 Å². The molecule has 0 aliphatic heterocycles. The maximum absolute atomic E-state index is 13.6. The molecule has 17 heavy (non-hydrogen) atoms. The highest BCUT2D eigenvalue weighted by Crippen LogP contribution is 2.21. The molecule has 3 aromatic rings. The van der Waals surface area contributed by atoms with Crippen LogP contribution in [0.2, 0.25) is 0 Å². The van der Waals surface area contributed by atoms with Crippen LogP contribution >= 0.6 is 0 Å². The molecule has 0 fully saturated rings. The molecule has 0 amide bonds. The molecule has 2 heterocycles. The van der Waals surface area contributed by atoms with Gasteiger partial charge in [0.2, 0.25) is 0 Å². The second kappa shape index (κ2) is 3.66. The molecule has 3 rings (SSSR count). The number of benzene rings is 1. The second-order valence-corrected chi connectivity index (χ2v) is 3.91. The van der Waals surface area contributed by atoms with Gasteiger partial charge in [0, 0.05) is 17.8 Å². The van der Waals surface area contributed by atoms with Crippen molar-refractivity contribution < 1.29 is 4.39 Å². The molecule has 0 aliphatic carbocycles. The zero-order valence-electron chi connectivity index (χ0n) is 9.26. The van der Waals surface area contributed by atoms with E-state index in [9.17, 15) is 4.39 Å². The van der Waals surface area contributed by atoms with Gasteiger partial charge in [-0.15, -0.1) is 0 Å². The number of nitrogens with zero attached hydrogens (tertiary/aromatic N) is 3. The van der Waals surface area contributed by atoms with Gasteiger partial charge in [0.25, 0.3) is 0 Å². The van der Waals surface area contributed by atoms with Crippen LogP contribution in [0.1, 0.15) is 5.56 Å². The predicted octanol–water partition coefficient (Wildman–Crippen LogP) is 2.87. The third kappa shape index (κ3) is 1.58. The molecule has 0 atom stereocenters. The zero-order chi connectivity index (χ0) is 11.8. The number of fused-ring (bicyclic) bond motifs is 1. The fourth-order valence-corrected chi connectivity index (χ4v) is 1.83. The summed E-state index contributed by atoms with van der Waals surface area (Å²) < 4.78 is 15.3. The van der Waals surface area contributed by atoms with Crippen LogP contribution in [0, 0.1) is 12.7 Å². The van der Waals surface area contributed by atoms with E-state index >= 15 is 0 Å². The van der Waals surface area contributed by atoms with E-state index in [-0.39, 0.29) is 5.82 Å².